The second-order valence-electron chi connectivity index (χ2n) is 5.93. The standard InChI is InChI=1S/C20H23N5O4S/c1-5-29-15-9-6-13(7-10-15)19-22-23-20(30)25(19)24-21-12-14-8-11-16(26-2)18(28-4)17(14)27-3/h6-12,24H,5H2,1-4H3,(H,23,30)/b21-12+. The molecule has 10 heteroatoms. The lowest BCUT2D eigenvalue weighted by atomic mass is 10.2. The molecule has 0 spiro atoms. The molecule has 0 radical (unpaired) electrons. The van der Waals surface area contributed by atoms with E-state index in [0.29, 0.717) is 40.0 Å². The van der Waals surface area contributed by atoms with Crippen LogP contribution in [0.15, 0.2) is 41.5 Å². The van der Waals surface area contributed by atoms with Crippen molar-refractivity contribution in [1.29, 1.82) is 0 Å². The maximum absolute atomic E-state index is 5.48. The Balaban J connectivity index is 1.86. The van der Waals surface area contributed by atoms with Gasteiger partial charge in [0.15, 0.2) is 17.3 Å². The van der Waals surface area contributed by atoms with E-state index in [2.05, 4.69) is 20.8 Å². The highest BCUT2D eigenvalue weighted by molar-refractivity contribution is 7.71. The molecule has 0 amide bonds. The van der Waals surface area contributed by atoms with Crippen LogP contribution in [-0.2, 0) is 0 Å². The van der Waals surface area contributed by atoms with E-state index in [9.17, 15) is 0 Å². The topological polar surface area (TPSA) is 94.9 Å². The maximum Gasteiger partial charge on any atom is 0.216 e. The highest BCUT2D eigenvalue weighted by atomic mass is 32.1. The highest BCUT2D eigenvalue weighted by Gasteiger charge is 2.15. The number of hydrogen-bond acceptors (Lipinski definition) is 8. The molecule has 0 fully saturated rings. The van der Waals surface area contributed by atoms with E-state index < -0.39 is 0 Å². The Morgan fingerprint density at radius 3 is 2.43 bits per heavy atom. The molecular weight excluding hydrogens is 406 g/mol. The molecule has 2 N–H and O–H groups in total. The molecule has 30 heavy (non-hydrogen) atoms. The summed E-state index contributed by atoms with van der Waals surface area (Å²) in [7, 11) is 4.67. The first-order chi connectivity index (χ1) is 14.6. The van der Waals surface area contributed by atoms with E-state index >= 15 is 0 Å². The summed E-state index contributed by atoms with van der Waals surface area (Å²) in [5.41, 5.74) is 4.43. The largest absolute Gasteiger partial charge is 0.494 e. The second-order valence-corrected chi connectivity index (χ2v) is 6.31. The first-order valence-corrected chi connectivity index (χ1v) is 9.52. The molecule has 2 aromatic carbocycles. The van der Waals surface area contributed by atoms with Crippen molar-refractivity contribution in [1.82, 2.24) is 14.9 Å². The SMILES string of the molecule is CCOc1ccc(-c2n[nH]c(=S)n2N/N=C/c2ccc(OC)c(OC)c2OC)cc1. The zero-order valence-corrected chi connectivity index (χ0v) is 17.9. The van der Waals surface area contributed by atoms with Crippen molar-refractivity contribution in [2.45, 2.75) is 6.92 Å². The lowest BCUT2D eigenvalue weighted by Gasteiger charge is -2.13. The van der Waals surface area contributed by atoms with E-state index in [1.165, 1.54) is 0 Å². The summed E-state index contributed by atoms with van der Waals surface area (Å²) in [5, 5.41) is 11.3. The molecule has 0 saturated carbocycles. The van der Waals surface area contributed by atoms with Crippen LogP contribution in [0.5, 0.6) is 23.0 Å². The number of aromatic amines is 1. The fourth-order valence-electron chi connectivity index (χ4n) is 2.83. The van der Waals surface area contributed by atoms with Gasteiger partial charge in [0.25, 0.3) is 0 Å². The average molecular weight is 430 g/mol. The van der Waals surface area contributed by atoms with E-state index in [4.69, 9.17) is 31.2 Å². The summed E-state index contributed by atoms with van der Waals surface area (Å²) >= 11 is 5.31. The molecular formula is C20H23N5O4S. The number of ether oxygens (including phenoxy) is 4. The van der Waals surface area contributed by atoms with Gasteiger partial charge in [-0.2, -0.15) is 14.9 Å². The van der Waals surface area contributed by atoms with Gasteiger partial charge in [-0.25, -0.2) is 10.6 Å². The summed E-state index contributed by atoms with van der Waals surface area (Å²) in [6.07, 6.45) is 1.59. The van der Waals surface area contributed by atoms with Gasteiger partial charge in [0.1, 0.15) is 5.75 Å². The average Bonchev–Trinajstić information content (AvgIpc) is 3.14. The minimum absolute atomic E-state index is 0.371. The molecule has 0 unspecified atom stereocenters. The molecule has 1 aromatic heterocycles. The number of H-pyrrole nitrogens is 1. The zero-order valence-electron chi connectivity index (χ0n) is 17.1. The van der Waals surface area contributed by atoms with Crippen molar-refractivity contribution in [2.75, 3.05) is 33.5 Å². The van der Waals surface area contributed by atoms with Gasteiger partial charge < -0.3 is 18.9 Å². The van der Waals surface area contributed by atoms with Crippen LogP contribution < -0.4 is 24.5 Å². The van der Waals surface area contributed by atoms with Crippen LogP contribution >= 0.6 is 12.2 Å². The van der Waals surface area contributed by atoms with Gasteiger partial charge in [-0.05, 0) is 55.5 Å². The number of hydrazone groups is 1. The molecule has 3 rings (SSSR count). The van der Waals surface area contributed by atoms with Gasteiger partial charge in [0.05, 0.1) is 34.2 Å². The Labute approximate surface area is 179 Å². The number of benzene rings is 2. The first-order valence-electron chi connectivity index (χ1n) is 9.11. The van der Waals surface area contributed by atoms with Crippen LogP contribution in [0, 0.1) is 4.77 Å². The van der Waals surface area contributed by atoms with Crippen LogP contribution in [0.1, 0.15) is 12.5 Å². The van der Waals surface area contributed by atoms with Gasteiger partial charge in [-0.15, -0.1) is 0 Å². The first kappa shape index (κ1) is 21.2. The van der Waals surface area contributed by atoms with Crippen molar-refractivity contribution in [3.8, 4) is 34.4 Å². The fraction of sp³-hybridized carbons (Fsp3) is 0.250. The van der Waals surface area contributed by atoms with E-state index in [1.807, 2.05) is 37.3 Å². The van der Waals surface area contributed by atoms with Crippen LogP contribution in [0.3, 0.4) is 0 Å². The number of aromatic nitrogens is 3. The molecule has 0 atom stereocenters. The Hall–Kier alpha value is -3.53. The monoisotopic (exact) mass is 429 g/mol. The zero-order chi connectivity index (χ0) is 21.5. The molecule has 0 aliphatic rings. The third kappa shape index (κ3) is 4.38. The predicted octanol–water partition coefficient (Wildman–Crippen LogP) is 3.61. The van der Waals surface area contributed by atoms with Gasteiger partial charge in [-0.1, -0.05) is 0 Å². The molecule has 0 aliphatic heterocycles. The van der Waals surface area contributed by atoms with Gasteiger partial charge in [-0.3, -0.25) is 0 Å². The van der Waals surface area contributed by atoms with Crippen LogP contribution in [0.2, 0.25) is 0 Å². The molecule has 9 nitrogen and oxygen atoms in total. The molecule has 3 aromatic rings. The van der Waals surface area contributed by atoms with E-state index in [1.54, 1.807) is 38.3 Å². The summed E-state index contributed by atoms with van der Waals surface area (Å²) in [6.45, 7) is 2.54. The third-order valence-electron chi connectivity index (χ3n) is 4.19. The van der Waals surface area contributed by atoms with Gasteiger partial charge in [0.2, 0.25) is 10.5 Å². The predicted molar refractivity (Wildman–Crippen MR) is 117 cm³/mol. The quantitative estimate of drug-likeness (QED) is 0.305. The Morgan fingerprint density at radius 2 is 1.80 bits per heavy atom. The third-order valence-corrected chi connectivity index (χ3v) is 4.47. The Bertz CT molecular complexity index is 1080. The Kier molecular flexibility index (Phi) is 6.91. The van der Waals surface area contributed by atoms with Crippen molar-refractivity contribution < 1.29 is 18.9 Å². The van der Waals surface area contributed by atoms with Crippen molar-refractivity contribution in [3.05, 3.63) is 46.7 Å². The number of nitrogens with one attached hydrogen (secondary N) is 2. The molecule has 0 aliphatic carbocycles. The van der Waals surface area contributed by atoms with E-state index in [0.717, 1.165) is 11.3 Å². The van der Waals surface area contributed by atoms with Crippen LogP contribution in [0.4, 0.5) is 0 Å². The minimum Gasteiger partial charge on any atom is -0.494 e. The fourth-order valence-corrected chi connectivity index (χ4v) is 3.01. The number of methoxy groups -OCH3 is 3. The number of nitrogens with zero attached hydrogens (tertiary/aromatic N) is 3. The normalized spacial score (nSPS) is 10.8. The van der Waals surface area contributed by atoms with Crippen molar-refractivity contribution in [3.63, 3.8) is 0 Å². The van der Waals surface area contributed by atoms with Gasteiger partial charge >= 0.3 is 0 Å². The number of hydrogen-bond donors (Lipinski definition) is 2. The minimum atomic E-state index is 0.371. The highest BCUT2D eigenvalue weighted by Crippen LogP contribution is 2.39. The van der Waals surface area contributed by atoms with Gasteiger partial charge in [0, 0.05) is 11.1 Å². The molecule has 0 bridgehead atoms. The molecule has 158 valence electrons. The summed E-state index contributed by atoms with van der Waals surface area (Å²) in [5.74, 6) is 2.92. The summed E-state index contributed by atoms with van der Waals surface area (Å²) < 4.78 is 23.6. The summed E-state index contributed by atoms with van der Waals surface area (Å²) in [6, 6.07) is 11.1. The lowest BCUT2D eigenvalue weighted by Crippen LogP contribution is -2.11. The molecule has 0 saturated heterocycles. The second kappa shape index (κ2) is 9.79. The Morgan fingerprint density at radius 1 is 1.07 bits per heavy atom. The molecule has 1 heterocycles. The van der Waals surface area contributed by atoms with Crippen LogP contribution in [-0.4, -0.2) is 49.0 Å². The smallest absolute Gasteiger partial charge is 0.216 e. The maximum atomic E-state index is 5.48. The summed E-state index contributed by atoms with van der Waals surface area (Å²) in [4.78, 5) is 0. The van der Waals surface area contributed by atoms with E-state index in [-0.39, 0.29) is 0 Å². The van der Waals surface area contributed by atoms with Crippen LogP contribution in [0.25, 0.3) is 11.4 Å². The number of rotatable bonds is 9. The van der Waals surface area contributed by atoms with Crippen molar-refractivity contribution in [2.24, 2.45) is 5.10 Å². The lowest BCUT2D eigenvalue weighted by molar-refractivity contribution is 0.324. The van der Waals surface area contributed by atoms with Crippen molar-refractivity contribution >= 4 is 18.4 Å².